The number of rotatable bonds is 3. The highest BCUT2D eigenvalue weighted by Crippen LogP contribution is 2.31. The molecule has 0 spiro atoms. The number of aromatic nitrogens is 1. The molecule has 2 heterocycles. The lowest BCUT2D eigenvalue weighted by Gasteiger charge is -2.34. The Morgan fingerprint density at radius 2 is 1.79 bits per heavy atom. The number of piperazine rings is 1. The van der Waals surface area contributed by atoms with E-state index in [9.17, 15) is 9.65 Å². The first-order valence-corrected chi connectivity index (χ1v) is 7.83. The second-order valence-electron chi connectivity index (χ2n) is 5.92. The van der Waals surface area contributed by atoms with Crippen LogP contribution in [0.2, 0.25) is 0 Å². The van der Waals surface area contributed by atoms with E-state index in [2.05, 4.69) is 16.0 Å². The summed E-state index contributed by atoms with van der Waals surface area (Å²) in [5, 5.41) is 9.49. The quantitative estimate of drug-likeness (QED) is 0.869. The molecule has 0 amide bonds. The molecule has 2 aromatic rings. The number of halogens is 2. The van der Waals surface area contributed by atoms with Gasteiger partial charge in [-0.2, -0.15) is 5.26 Å². The van der Waals surface area contributed by atoms with E-state index in [-0.39, 0.29) is 11.4 Å². The Hall–Kier alpha value is -2.52. The maximum absolute atomic E-state index is 15.0. The van der Waals surface area contributed by atoms with Crippen LogP contribution in [0.1, 0.15) is 17.2 Å². The van der Waals surface area contributed by atoms with Crippen LogP contribution in [-0.2, 0) is 0 Å². The van der Waals surface area contributed by atoms with E-state index < -0.39 is 17.6 Å². The van der Waals surface area contributed by atoms with Crippen molar-refractivity contribution in [2.75, 3.05) is 38.1 Å². The summed E-state index contributed by atoms with van der Waals surface area (Å²) < 4.78 is 29.3. The molecule has 0 aliphatic carbocycles. The molecule has 1 aromatic heterocycles. The minimum absolute atomic E-state index is 0.0287. The summed E-state index contributed by atoms with van der Waals surface area (Å²) in [5.74, 6) is -2.29. The minimum Gasteiger partial charge on any atom is -0.364 e. The van der Waals surface area contributed by atoms with Crippen LogP contribution in [0.5, 0.6) is 0 Å². The monoisotopic (exact) mass is 328 g/mol. The van der Waals surface area contributed by atoms with Gasteiger partial charge in [-0.15, -0.1) is 0 Å². The molecule has 1 saturated heterocycles. The summed E-state index contributed by atoms with van der Waals surface area (Å²) in [6.07, 6.45) is 1.01. The molecule has 1 aliphatic rings. The van der Waals surface area contributed by atoms with Gasteiger partial charge in [-0.3, -0.25) is 4.98 Å². The number of hydrogen-bond donors (Lipinski definition) is 0. The lowest BCUT2D eigenvalue weighted by atomic mass is 9.96. The minimum atomic E-state index is -0.863. The molecule has 1 atom stereocenters. The van der Waals surface area contributed by atoms with Gasteiger partial charge in [0.2, 0.25) is 0 Å². The summed E-state index contributed by atoms with van der Waals surface area (Å²) in [7, 11) is 1.98. The average molecular weight is 328 g/mol. The van der Waals surface area contributed by atoms with E-state index in [1.807, 2.05) is 13.1 Å². The van der Waals surface area contributed by atoms with Crippen LogP contribution in [0.25, 0.3) is 0 Å². The zero-order valence-corrected chi connectivity index (χ0v) is 13.4. The SMILES string of the molecule is CN1CCN(c2c(F)cnc(C(C#N)c3ccccc3)c2F)CC1. The molecule has 6 heteroatoms. The molecule has 0 saturated carbocycles. The summed E-state index contributed by atoms with van der Waals surface area (Å²) in [5.41, 5.74) is 0.533. The molecule has 1 aromatic carbocycles. The highest BCUT2D eigenvalue weighted by atomic mass is 19.1. The second kappa shape index (κ2) is 6.93. The highest BCUT2D eigenvalue weighted by molar-refractivity contribution is 5.52. The largest absolute Gasteiger partial charge is 0.364 e. The zero-order valence-electron chi connectivity index (χ0n) is 13.4. The van der Waals surface area contributed by atoms with Gasteiger partial charge < -0.3 is 9.80 Å². The molecule has 1 aliphatic heterocycles. The maximum Gasteiger partial charge on any atom is 0.172 e. The maximum atomic E-state index is 15.0. The van der Waals surface area contributed by atoms with Crippen molar-refractivity contribution < 1.29 is 8.78 Å². The molecule has 4 nitrogen and oxygen atoms in total. The number of nitrogens with zero attached hydrogens (tertiary/aromatic N) is 4. The van der Waals surface area contributed by atoms with Crippen LogP contribution in [0, 0.1) is 23.0 Å². The van der Waals surface area contributed by atoms with Crippen LogP contribution in [0.3, 0.4) is 0 Å². The summed E-state index contributed by atoms with van der Waals surface area (Å²) in [6, 6.07) is 11.0. The Kier molecular flexibility index (Phi) is 4.72. The van der Waals surface area contributed by atoms with Crippen LogP contribution in [0.15, 0.2) is 36.5 Å². The van der Waals surface area contributed by atoms with Crippen LogP contribution in [-0.4, -0.2) is 43.1 Å². The molecular weight excluding hydrogens is 310 g/mol. The fourth-order valence-corrected chi connectivity index (χ4v) is 2.93. The van der Waals surface area contributed by atoms with Crippen LogP contribution < -0.4 is 4.90 Å². The summed E-state index contributed by atoms with van der Waals surface area (Å²) in [4.78, 5) is 7.68. The molecule has 1 fully saturated rings. The summed E-state index contributed by atoms with van der Waals surface area (Å²) in [6.45, 7) is 2.54. The van der Waals surface area contributed by atoms with Crippen molar-refractivity contribution >= 4 is 5.69 Å². The smallest absolute Gasteiger partial charge is 0.172 e. The van der Waals surface area contributed by atoms with Crippen molar-refractivity contribution in [1.82, 2.24) is 9.88 Å². The van der Waals surface area contributed by atoms with E-state index in [4.69, 9.17) is 0 Å². The lowest BCUT2D eigenvalue weighted by molar-refractivity contribution is 0.310. The molecule has 3 rings (SSSR count). The van der Waals surface area contributed by atoms with Crippen molar-refractivity contribution in [3.8, 4) is 6.07 Å². The standard InChI is InChI=1S/C18H18F2N4/c1-23-7-9-24(10-8-23)18-15(19)12-22-17(16(18)20)14(11-21)13-5-3-2-4-6-13/h2-6,12,14H,7-10H2,1H3. The number of likely N-dealkylation sites (N-methyl/N-ethyl adjacent to an activating group) is 1. The normalized spacial score (nSPS) is 16.7. The van der Waals surface area contributed by atoms with Gasteiger partial charge in [0.15, 0.2) is 11.6 Å². The molecule has 24 heavy (non-hydrogen) atoms. The van der Waals surface area contributed by atoms with Crippen molar-refractivity contribution in [2.45, 2.75) is 5.92 Å². The molecule has 0 N–H and O–H groups in total. The van der Waals surface area contributed by atoms with Crippen LogP contribution >= 0.6 is 0 Å². The number of hydrogen-bond acceptors (Lipinski definition) is 4. The first-order chi connectivity index (χ1) is 11.6. The summed E-state index contributed by atoms with van der Waals surface area (Å²) >= 11 is 0. The van der Waals surface area contributed by atoms with Crippen LogP contribution in [0.4, 0.5) is 14.5 Å². The molecule has 0 bridgehead atoms. The number of pyridine rings is 1. The third kappa shape index (κ3) is 3.08. The van der Waals surface area contributed by atoms with E-state index in [1.165, 1.54) is 0 Å². The van der Waals surface area contributed by atoms with Gasteiger partial charge in [-0.25, -0.2) is 8.78 Å². The predicted octanol–water partition coefficient (Wildman–Crippen LogP) is 2.77. The van der Waals surface area contributed by atoms with Gasteiger partial charge in [-0.1, -0.05) is 30.3 Å². The predicted molar refractivity (Wildman–Crippen MR) is 87.8 cm³/mol. The zero-order chi connectivity index (χ0) is 17.1. The number of nitriles is 1. The van der Waals surface area contributed by atoms with Gasteiger partial charge in [-0.05, 0) is 12.6 Å². The van der Waals surface area contributed by atoms with Crippen molar-refractivity contribution in [1.29, 1.82) is 5.26 Å². The number of benzene rings is 1. The Labute approximate surface area is 140 Å². The fraction of sp³-hybridized carbons (Fsp3) is 0.333. The third-order valence-electron chi connectivity index (χ3n) is 4.33. The topological polar surface area (TPSA) is 43.2 Å². The Morgan fingerprint density at radius 3 is 2.42 bits per heavy atom. The molecule has 0 radical (unpaired) electrons. The Balaban J connectivity index is 2.01. The van der Waals surface area contributed by atoms with E-state index in [0.717, 1.165) is 19.3 Å². The molecular formula is C18H18F2N4. The van der Waals surface area contributed by atoms with Gasteiger partial charge in [0.25, 0.3) is 0 Å². The molecule has 1 unspecified atom stereocenters. The Bertz CT molecular complexity index is 750. The van der Waals surface area contributed by atoms with E-state index in [1.54, 1.807) is 29.2 Å². The first-order valence-electron chi connectivity index (χ1n) is 7.83. The highest BCUT2D eigenvalue weighted by Gasteiger charge is 2.27. The van der Waals surface area contributed by atoms with E-state index in [0.29, 0.717) is 18.7 Å². The van der Waals surface area contributed by atoms with Crippen molar-refractivity contribution in [3.05, 3.63) is 59.4 Å². The average Bonchev–Trinajstić information content (AvgIpc) is 2.60. The fourth-order valence-electron chi connectivity index (χ4n) is 2.93. The number of anilines is 1. The van der Waals surface area contributed by atoms with Gasteiger partial charge in [0.05, 0.1) is 12.3 Å². The second-order valence-corrected chi connectivity index (χ2v) is 5.92. The first kappa shape index (κ1) is 16.3. The lowest BCUT2D eigenvalue weighted by Crippen LogP contribution is -2.45. The van der Waals surface area contributed by atoms with E-state index >= 15 is 4.39 Å². The third-order valence-corrected chi connectivity index (χ3v) is 4.33. The van der Waals surface area contributed by atoms with Gasteiger partial charge >= 0.3 is 0 Å². The van der Waals surface area contributed by atoms with Gasteiger partial charge in [0.1, 0.15) is 17.3 Å². The van der Waals surface area contributed by atoms with Gasteiger partial charge in [0, 0.05) is 26.2 Å². The van der Waals surface area contributed by atoms with Crippen molar-refractivity contribution in [2.24, 2.45) is 0 Å². The molecule has 124 valence electrons. The van der Waals surface area contributed by atoms with Crippen molar-refractivity contribution in [3.63, 3.8) is 0 Å². The Morgan fingerprint density at radius 1 is 1.12 bits per heavy atom.